The Morgan fingerprint density at radius 3 is 2.44 bits per heavy atom. The molecule has 0 aromatic heterocycles. The maximum atomic E-state index is 14.0. The van der Waals surface area contributed by atoms with Crippen molar-refractivity contribution in [2.75, 3.05) is 18.8 Å². The first-order chi connectivity index (χ1) is 17.5. The number of hydrogen-bond donors (Lipinski definition) is 0. The minimum absolute atomic E-state index is 0.00771. The summed E-state index contributed by atoms with van der Waals surface area (Å²) in [4.78, 5) is 16.2. The molecule has 0 N–H and O–H groups in total. The minimum atomic E-state index is -2.93. The zero-order valence-electron chi connectivity index (χ0n) is 19.5. The number of benzene rings is 3. The Hall–Kier alpha value is -3.26. The van der Waals surface area contributed by atoms with E-state index < -0.39 is 12.7 Å². The molecule has 2 aliphatic rings. The minimum Gasteiger partial charge on any atom is -0.435 e. The second-order valence-corrected chi connectivity index (χ2v) is 9.88. The molecule has 0 aliphatic carbocycles. The Kier molecular flexibility index (Phi) is 7.32. The number of carbonyl (C=O) groups excluding carboxylic acids is 1. The van der Waals surface area contributed by atoms with Gasteiger partial charge in [-0.2, -0.15) is 8.78 Å². The average Bonchev–Trinajstić information content (AvgIpc) is 3.22. The van der Waals surface area contributed by atoms with Crippen LogP contribution in [0.2, 0.25) is 0 Å². The van der Waals surface area contributed by atoms with E-state index in [0.29, 0.717) is 12.1 Å². The van der Waals surface area contributed by atoms with Crippen LogP contribution in [0.3, 0.4) is 0 Å². The average molecular weight is 512 g/mol. The lowest BCUT2D eigenvalue weighted by atomic mass is 9.92. The smallest absolute Gasteiger partial charge is 0.387 e. The normalized spacial score (nSPS) is 19.5. The van der Waals surface area contributed by atoms with Gasteiger partial charge in [-0.1, -0.05) is 42.5 Å². The van der Waals surface area contributed by atoms with Crippen LogP contribution in [0.25, 0.3) is 0 Å². The molecule has 2 aliphatic heterocycles. The molecule has 3 aromatic carbocycles. The van der Waals surface area contributed by atoms with E-state index in [1.54, 1.807) is 23.9 Å². The third-order valence-electron chi connectivity index (χ3n) is 6.56. The molecule has 5 rings (SSSR count). The van der Waals surface area contributed by atoms with Crippen molar-refractivity contribution in [3.05, 3.63) is 101 Å². The number of ether oxygens (including phenoxy) is 1. The first-order valence-corrected chi connectivity index (χ1v) is 12.9. The first kappa shape index (κ1) is 24.4. The van der Waals surface area contributed by atoms with Crippen molar-refractivity contribution in [2.45, 2.75) is 31.5 Å². The highest BCUT2D eigenvalue weighted by Gasteiger charge is 2.53. The van der Waals surface area contributed by atoms with Crippen LogP contribution in [0.15, 0.2) is 78.9 Å². The van der Waals surface area contributed by atoms with Crippen molar-refractivity contribution in [1.82, 2.24) is 4.90 Å². The number of thioether (sulfide) groups is 1. The van der Waals surface area contributed by atoms with Gasteiger partial charge in [-0.05, 0) is 60.1 Å². The summed E-state index contributed by atoms with van der Waals surface area (Å²) in [7, 11) is 0. The van der Waals surface area contributed by atoms with Crippen molar-refractivity contribution >= 4 is 22.7 Å². The summed E-state index contributed by atoms with van der Waals surface area (Å²) in [6, 6.07) is 21.6. The van der Waals surface area contributed by atoms with Gasteiger partial charge in [-0.15, -0.1) is 0 Å². The molecule has 186 valence electrons. The van der Waals surface area contributed by atoms with Crippen molar-refractivity contribution in [2.24, 2.45) is 0 Å². The van der Waals surface area contributed by atoms with Gasteiger partial charge < -0.3 is 4.74 Å². The fourth-order valence-corrected chi connectivity index (χ4v) is 6.15. The zero-order valence-corrected chi connectivity index (χ0v) is 20.3. The van der Waals surface area contributed by atoms with Crippen LogP contribution in [-0.4, -0.2) is 51.9 Å². The Balaban J connectivity index is 1.51. The molecular weight excluding hydrogens is 485 g/mol. The van der Waals surface area contributed by atoms with E-state index in [1.807, 2.05) is 18.2 Å². The molecule has 2 heterocycles. The van der Waals surface area contributed by atoms with Crippen LogP contribution in [0.5, 0.6) is 5.75 Å². The Bertz CT molecular complexity index is 1230. The lowest BCUT2D eigenvalue weighted by Gasteiger charge is -2.24. The standard InChI is InChI=1S/C28H26F3N2O2S/c29-22-11-7-20(8-12-22)24-25(26(34)21-9-13-23(14-10-21)35-27(30)31)32-16-4-18-36-28(32)33(24)17-15-19-5-2-1-3-6-19/h1-3,5-14,24-25,27H,4,15-18H2/q+1. The SMILES string of the molecule is O=C(c1ccc(OC(F)F)cc1)C1C(c2ccc(F)cc2)N(CCc2ccccc2)C2=[N+]1CCCS2. The zero-order chi connectivity index (χ0) is 25.1. The molecule has 0 spiro atoms. The number of nitrogens with zero attached hydrogens (tertiary/aromatic N) is 2. The maximum absolute atomic E-state index is 14.0. The number of halogens is 3. The highest BCUT2D eigenvalue weighted by atomic mass is 32.2. The second kappa shape index (κ2) is 10.8. The van der Waals surface area contributed by atoms with E-state index in [2.05, 4.69) is 26.3 Å². The van der Waals surface area contributed by atoms with Crippen LogP contribution in [0, 0.1) is 5.82 Å². The molecule has 0 saturated heterocycles. The molecule has 8 heteroatoms. The lowest BCUT2D eigenvalue weighted by Crippen LogP contribution is -2.39. The van der Waals surface area contributed by atoms with Gasteiger partial charge >= 0.3 is 11.8 Å². The summed E-state index contributed by atoms with van der Waals surface area (Å²) < 4.78 is 45.6. The predicted octanol–water partition coefficient (Wildman–Crippen LogP) is 5.78. The first-order valence-electron chi connectivity index (χ1n) is 11.9. The van der Waals surface area contributed by atoms with Crippen molar-refractivity contribution < 1.29 is 27.3 Å². The molecule has 0 saturated carbocycles. The summed E-state index contributed by atoms with van der Waals surface area (Å²) >= 11 is 1.74. The van der Waals surface area contributed by atoms with Gasteiger partial charge in [-0.25, -0.2) is 13.9 Å². The monoisotopic (exact) mass is 511 g/mol. The van der Waals surface area contributed by atoms with Crippen LogP contribution in [0.1, 0.15) is 33.9 Å². The predicted molar refractivity (Wildman–Crippen MR) is 134 cm³/mol. The number of ketones is 1. The highest BCUT2D eigenvalue weighted by Crippen LogP contribution is 2.39. The van der Waals surface area contributed by atoms with Crippen molar-refractivity contribution in [3.8, 4) is 5.75 Å². The van der Waals surface area contributed by atoms with Gasteiger partial charge in [0.05, 0.1) is 13.1 Å². The molecule has 2 unspecified atom stereocenters. The second-order valence-electron chi connectivity index (χ2n) is 8.82. The number of rotatable bonds is 8. The Labute approximate surface area is 212 Å². The van der Waals surface area contributed by atoms with Crippen LogP contribution >= 0.6 is 11.8 Å². The van der Waals surface area contributed by atoms with Gasteiger partial charge in [-0.3, -0.25) is 4.79 Å². The molecular formula is C28H26F3N2O2S+. The summed E-state index contributed by atoms with van der Waals surface area (Å²) in [6.07, 6.45) is 1.75. The number of hydrogen-bond acceptors (Lipinski definition) is 4. The molecule has 0 fully saturated rings. The van der Waals surface area contributed by atoms with Crippen molar-refractivity contribution in [1.29, 1.82) is 0 Å². The van der Waals surface area contributed by atoms with Gasteiger partial charge in [0.15, 0.2) is 6.04 Å². The van der Waals surface area contributed by atoms with Crippen molar-refractivity contribution in [3.63, 3.8) is 0 Å². The molecule has 0 bridgehead atoms. The summed E-state index contributed by atoms with van der Waals surface area (Å²) in [5.74, 6) is 0.540. The van der Waals surface area contributed by atoms with E-state index in [4.69, 9.17) is 0 Å². The fraction of sp³-hybridized carbons (Fsp3) is 0.286. The van der Waals surface area contributed by atoms with E-state index in [1.165, 1.54) is 42.0 Å². The molecule has 36 heavy (non-hydrogen) atoms. The molecule has 2 atom stereocenters. The van der Waals surface area contributed by atoms with Gasteiger partial charge in [0.2, 0.25) is 11.8 Å². The Morgan fingerprint density at radius 2 is 1.75 bits per heavy atom. The van der Waals surface area contributed by atoms with Gasteiger partial charge in [0.1, 0.15) is 11.6 Å². The summed E-state index contributed by atoms with van der Waals surface area (Å²) in [6.45, 7) is -1.48. The molecule has 0 amide bonds. The van der Waals surface area contributed by atoms with E-state index in [-0.39, 0.29) is 23.4 Å². The fourth-order valence-electron chi connectivity index (χ4n) is 4.95. The topological polar surface area (TPSA) is 32.5 Å². The highest BCUT2D eigenvalue weighted by molar-refractivity contribution is 8.13. The molecule has 3 aromatic rings. The van der Waals surface area contributed by atoms with Gasteiger partial charge in [0.25, 0.3) is 0 Å². The number of alkyl halides is 2. The van der Waals surface area contributed by atoms with E-state index >= 15 is 0 Å². The van der Waals surface area contributed by atoms with E-state index in [9.17, 15) is 18.0 Å². The third-order valence-corrected chi connectivity index (χ3v) is 7.78. The van der Waals surface area contributed by atoms with Crippen LogP contribution in [-0.2, 0) is 6.42 Å². The maximum Gasteiger partial charge on any atom is 0.387 e. The van der Waals surface area contributed by atoms with E-state index in [0.717, 1.165) is 35.9 Å². The van der Waals surface area contributed by atoms with Crippen LogP contribution in [0.4, 0.5) is 13.2 Å². The number of carbonyl (C=O) groups is 1. The largest absolute Gasteiger partial charge is 0.435 e. The Morgan fingerprint density at radius 1 is 1.03 bits per heavy atom. The summed E-state index contributed by atoms with van der Waals surface area (Å²) in [5, 5.41) is 1.06. The van der Waals surface area contributed by atoms with Crippen LogP contribution < -0.4 is 4.74 Å². The van der Waals surface area contributed by atoms with Gasteiger partial charge in [0, 0.05) is 23.3 Å². The lowest BCUT2D eigenvalue weighted by molar-refractivity contribution is -0.543. The quantitative estimate of drug-likeness (QED) is 0.283. The summed E-state index contributed by atoms with van der Waals surface area (Å²) in [5.41, 5.74) is 2.49. The number of Topliss-reactive ketones (excluding diaryl/α,β-unsaturated/α-hetero) is 1. The molecule has 0 radical (unpaired) electrons. The number of amidine groups is 1. The molecule has 4 nitrogen and oxygen atoms in total. The third kappa shape index (κ3) is 5.14.